The molecular formula is C13H25N3O2S2. The number of likely N-dealkylation sites (N-methyl/N-ethyl adjacent to an activating group) is 2. The minimum absolute atomic E-state index is 0.0485. The van der Waals surface area contributed by atoms with Crippen LogP contribution in [0.3, 0.4) is 0 Å². The van der Waals surface area contributed by atoms with Crippen LogP contribution in [-0.4, -0.2) is 57.9 Å². The molecule has 0 saturated heterocycles. The maximum absolute atomic E-state index is 12.7. The number of thiophene rings is 1. The summed E-state index contributed by atoms with van der Waals surface area (Å²) >= 11 is 1.48. The average Bonchev–Trinajstić information content (AvgIpc) is 2.78. The van der Waals surface area contributed by atoms with Gasteiger partial charge in [-0.25, -0.2) is 8.42 Å². The van der Waals surface area contributed by atoms with E-state index in [0.29, 0.717) is 24.5 Å². The highest BCUT2D eigenvalue weighted by atomic mass is 32.2. The van der Waals surface area contributed by atoms with Crippen molar-refractivity contribution >= 4 is 21.4 Å². The van der Waals surface area contributed by atoms with E-state index in [1.165, 1.54) is 11.3 Å². The number of rotatable bonds is 8. The Morgan fingerprint density at radius 3 is 2.55 bits per heavy atom. The van der Waals surface area contributed by atoms with Crippen LogP contribution in [-0.2, 0) is 16.6 Å². The predicted octanol–water partition coefficient (Wildman–Crippen LogP) is 1.43. The van der Waals surface area contributed by atoms with E-state index in [9.17, 15) is 8.42 Å². The van der Waals surface area contributed by atoms with Gasteiger partial charge in [0.25, 0.3) is 0 Å². The van der Waals surface area contributed by atoms with Gasteiger partial charge in [-0.15, -0.1) is 11.3 Å². The Kier molecular flexibility index (Phi) is 6.60. The molecule has 0 saturated carbocycles. The molecule has 1 aromatic rings. The fourth-order valence-electron chi connectivity index (χ4n) is 2.24. The van der Waals surface area contributed by atoms with Gasteiger partial charge in [0, 0.05) is 35.9 Å². The third-order valence-corrected chi connectivity index (χ3v) is 6.17. The Morgan fingerprint density at radius 2 is 2.05 bits per heavy atom. The summed E-state index contributed by atoms with van der Waals surface area (Å²) < 4.78 is 27.0. The highest BCUT2D eigenvalue weighted by Gasteiger charge is 2.28. The Labute approximate surface area is 126 Å². The monoisotopic (exact) mass is 319 g/mol. The highest BCUT2D eigenvalue weighted by Crippen LogP contribution is 2.24. The lowest BCUT2D eigenvalue weighted by molar-refractivity contribution is 0.271. The summed E-state index contributed by atoms with van der Waals surface area (Å²) in [5, 5.41) is 4.77. The molecule has 0 aromatic carbocycles. The van der Waals surface area contributed by atoms with Crippen molar-refractivity contribution in [1.82, 2.24) is 14.5 Å². The molecular weight excluding hydrogens is 294 g/mol. The van der Waals surface area contributed by atoms with Gasteiger partial charge in [0.15, 0.2) is 0 Å². The number of hydrogen-bond donors (Lipinski definition) is 1. The smallest absolute Gasteiger partial charge is 0.244 e. The van der Waals surface area contributed by atoms with E-state index in [0.717, 1.165) is 4.88 Å². The Bertz CT molecular complexity index is 511. The summed E-state index contributed by atoms with van der Waals surface area (Å²) in [4.78, 5) is 3.44. The van der Waals surface area contributed by atoms with Gasteiger partial charge in [-0.2, -0.15) is 4.31 Å². The standard InChI is InChI=1S/C13H25N3O2S2/c1-6-16(11(2)9-15(4)5)20(17,18)13-7-12(8-14-3)19-10-13/h7,10-11,14H,6,8-9H2,1-5H3. The minimum atomic E-state index is -3.40. The van der Waals surface area contributed by atoms with Gasteiger partial charge in [0.2, 0.25) is 10.0 Å². The van der Waals surface area contributed by atoms with Gasteiger partial charge in [-0.1, -0.05) is 6.92 Å². The molecule has 1 heterocycles. The van der Waals surface area contributed by atoms with Crippen LogP contribution in [0.5, 0.6) is 0 Å². The third-order valence-electron chi connectivity index (χ3n) is 3.02. The van der Waals surface area contributed by atoms with Crippen LogP contribution in [0, 0.1) is 0 Å². The highest BCUT2D eigenvalue weighted by molar-refractivity contribution is 7.89. The van der Waals surface area contributed by atoms with E-state index in [-0.39, 0.29) is 6.04 Å². The molecule has 1 rings (SSSR count). The van der Waals surface area contributed by atoms with Crippen molar-refractivity contribution < 1.29 is 8.42 Å². The fraction of sp³-hybridized carbons (Fsp3) is 0.692. The lowest BCUT2D eigenvalue weighted by Crippen LogP contribution is -2.43. The zero-order chi connectivity index (χ0) is 15.3. The quantitative estimate of drug-likeness (QED) is 0.787. The summed E-state index contributed by atoms with van der Waals surface area (Å²) in [6.07, 6.45) is 0. The number of nitrogens with one attached hydrogen (secondary N) is 1. The molecule has 0 bridgehead atoms. The summed E-state index contributed by atoms with van der Waals surface area (Å²) in [7, 11) is 2.35. The molecule has 7 heteroatoms. The minimum Gasteiger partial charge on any atom is -0.315 e. The van der Waals surface area contributed by atoms with E-state index in [1.807, 2.05) is 39.9 Å². The van der Waals surface area contributed by atoms with Gasteiger partial charge in [-0.3, -0.25) is 0 Å². The van der Waals surface area contributed by atoms with Gasteiger partial charge in [-0.05, 0) is 34.1 Å². The fourth-order valence-corrected chi connectivity index (χ4v) is 5.14. The number of nitrogens with zero attached hydrogens (tertiary/aromatic N) is 2. The first-order valence-corrected chi connectivity index (χ1v) is 9.03. The molecule has 1 aromatic heterocycles. The second kappa shape index (κ2) is 7.51. The summed E-state index contributed by atoms with van der Waals surface area (Å²) in [5.74, 6) is 0. The first-order chi connectivity index (χ1) is 9.32. The molecule has 1 N–H and O–H groups in total. The van der Waals surface area contributed by atoms with Gasteiger partial charge < -0.3 is 10.2 Å². The molecule has 0 radical (unpaired) electrons. The molecule has 1 atom stereocenters. The van der Waals surface area contributed by atoms with Crippen molar-refractivity contribution in [2.45, 2.75) is 31.3 Å². The topological polar surface area (TPSA) is 52.7 Å². The van der Waals surface area contributed by atoms with Crippen molar-refractivity contribution in [3.05, 3.63) is 16.3 Å². The van der Waals surface area contributed by atoms with E-state index in [1.54, 1.807) is 15.8 Å². The Hall–Kier alpha value is -0.470. The maximum atomic E-state index is 12.7. The van der Waals surface area contributed by atoms with Crippen LogP contribution >= 0.6 is 11.3 Å². The van der Waals surface area contributed by atoms with Crippen molar-refractivity contribution in [1.29, 1.82) is 0 Å². The normalized spacial score (nSPS) is 14.2. The molecule has 0 fully saturated rings. The molecule has 0 aliphatic carbocycles. The third kappa shape index (κ3) is 4.26. The number of hydrogen-bond acceptors (Lipinski definition) is 5. The predicted molar refractivity (Wildman–Crippen MR) is 84.7 cm³/mol. The van der Waals surface area contributed by atoms with E-state index in [4.69, 9.17) is 0 Å². The number of sulfonamides is 1. The molecule has 20 heavy (non-hydrogen) atoms. The second-order valence-corrected chi connectivity index (χ2v) is 7.99. The largest absolute Gasteiger partial charge is 0.315 e. The SMILES string of the molecule is CCN(C(C)CN(C)C)S(=O)(=O)c1csc(CNC)c1. The zero-order valence-corrected chi connectivity index (χ0v) is 14.5. The average molecular weight is 319 g/mol. The Morgan fingerprint density at radius 1 is 1.40 bits per heavy atom. The molecule has 0 amide bonds. The lowest BCUT2D eigenvalue weighted by Gasteiger charge is -2.28. The van der Waals surface area contributed by atoms with Crippen molar-refractivity contribution in [2.24, 2.45) is 0 Å². The van der Waals surface area contributed by atoms with Crippen molar-refractivity contribution in [2.75, 3.05) is 34.2 Å². The maximum Gasteiger partial charge on any atom is 0.244 e. The Balaban J connectivity index is 2.98. The molecule has 1 unspecified atom stereocenters. The van der Waals surface area contributed by atoms with Gasteiger partial charge >= 0.3 is 0 Å². The van der Waals surface area contributed by atoms with Crippen molar-refractivity contribution in [3.8, 4) is 0 Å². The molecule has 5 nitrogen and oxygen atoms in total. The van der Waals surface area contributed by atoms with Crippen LogP contribution in [0.2, 0.25) is 0 Å². The summed E-state index contributed by atoms with van der Waals surface area (Å²) in [6.45, 7) is 5.71. The van der Waals surface area contributed by atoms with E-state index in [2.05, 4.69) is 5.32 Å². The molecule has 116 valence electrons. The first kappa shape index (κ1) is 17.6. The van der Waals surface area contributed by atoms with Gasteiger partial charge in [0.05, 0.1) is 4.90 Å². The van der Waals surface area contributed by atoms with Crippen LogP contribution in [0.15, 0.2) is 16.3 Å². The van der Waals surface area contributed by atoms with Crippen molar-refractivity contribution in [3.63, 3.8) is 0 Å². The van der Waals surface area contributed by atoms with E-state index >= 15 is 0 Å². The van der Waals surface area contributed by atoms with Crippen LogP contribution in [0.1, 0.15) is 18.7 Å². The lowest BCUT2D eigenvalue weighted by atomic mass is 10.3. The summed E-state index contributed by atoms with van der Waals surface area (Å²) in [6, 6.07) is 1.72. The molecule has 0 aliphatic rings. The second-order valence-electron chi connectivity index (χ2n) is 5.10. The first-order valence-electron chi connectivity index (χ1n) is 6.71. The zero-order valence-electron chi connectivity index (χ0n) is 12.9. The van der Waals surface area contributed by atoms with Gasteiger partial charge in [0.1, 0.15) is 0 Å². The van der Waals surface area contributed by atoms with Crippen LogP contribution in [0.25, 0.3) is 0 Å². The molecule has 0 aliphatic heterocycles. The van der Waals surface area contributed by atoms with Crippen LogP contribution in [0.4, 0.5) is 0 Å². The van der Waals surface area contributed by atoms with E-state index < -0.39 is 10.0 Å². The van der Waals surface area contributed by atoms with Crippen LogP contribution < -0.4 is 5.32 Å². The molecule has 0 spiro atoms. The summed E-state index contributed by atoms with van der Waals surface area (Å²) in [5.41, 5.74) is 0.